The maximum absolute atomic E-state index is 5.58. The first-order valence-electron chi connectivity index (χ1n) is 6.29. The average molecular weight is 213 g/mol. The Labute approximate surface area is 95.0 Å². The topological polar surface area (TPSA) is 12.5 Å². The van der Waals surface area contributed by atoms with Crippen LogP contribution in [0, 0.1) is 5.41 Å². The lowest BCUT2D eigenvalue weighted by Gasteiger charge is -2.33. The van der Waals surface area contributed by atoms with Gasteiger partial charge in [-0.2, -0.15) is 0 Å². The Morgan fingerprint density at radius 2 is 1.73 bits per heavy atom. The van der Waals surface area contributed by atoms with Gasteiger partial charge >= 0.3 is 0 Å². The minimum Gasteiger partial charge on any atom is -0.381 e. The zero-order valence-electron chi connectivity index (χ0n) is 10.9. The van der Waals surface area contributed by atoms with Crippen molar-refractivity contribution in [3.05, 3.63) is 0 Å². The van der Waals surface area contributed by atoms with Crippen LogP contribution in [0.3, 0.4) is 0 Å². The molecular formula is C13H27NO. The van der Waals surface area contributed by atoms with E-state index in [4.69, 9.17) is 4.74 Å². The Bertz CT molecular complexity index is 168. The molecule has 0 radical (unpaired) electrons. The molecule has 1 rings (SSSR count). The summed E-state index contributed by atoms with van der Waals surface area (Å²) < 4.78 is 5.58. The minimum atomic E-state index is 0.268. The first-order valence-corrected chi connectivity index (χ1v) is 6.29. The molecule has 0 saturated carbocycles. The average Bonchev–Trinajstić information content (AvgIpc) is 2.18. The Balaban J connectivity index is 2.27. The second kappa shape index (κ2) is 5.86. The van der Waals surface area contributed by atoms with E-state index in [-0.39, 0.29) is 5.41 Å². The Kier molecular flexibility index (Phi) is 5.07. The van der Waals surface area contributed by atoms with Crippen LogP contribution in [0.5, 0.6) is 0 Å². The monoisotopic (exact) mass is 213 g/mol. The normalized spacial score (nSPS) is 21.6. The largest absolute Gasteiger partial charge is 0.381 e. The third-order valence-corrected chi connectivity index (χ3v) is 3.41. The molecule has 0 aromatic carbocycles. The van der Waals surface area contributed by atoms with Gasteiger partial charge in [0.05, 0.1) is 6.10 Å². The lowest BCUT2D eigenvalue weighted by Crippen LogP contribution is -2.36. The van der Waals surface area contributed by atoms with Gasteiger partial charge in [0.2, 0.25) is 0 Å². The van der Waals surface area contributed by atoms with Crippen molar-refractivity contribution in [1.82, 2.24) is 4.90 Å². The molecule has 1 aliphatic heterocycles. The van der Waals surface area contributed by atoms with Crippen LogP contribution in [0.15, 0.2) is 0 Å². The lowest BCUT2D eigenvalue weighted by molar-refractivity contribution is 0.00295. The summed E-state index contributed by atoms with van der Waals surface area (Å²) in [6.07, 6.45) is 5.74. The number of methoxy groups -OCH3 is 1. The van der Waals surface area contributed by atoms with E-state index in [1.54, 1.807) is 0 Å². The molecule has 2 heteroatoms. The molecule has 2 nitrogen and oxygen atoms in total. The highest BCUT2D eigenvalue weighted by atomic mass is 16.5. The Hall–Kier alpha value is -0.0800. The number of ether oxygens (including phenoxy) is 1. The quantitative estimate of drug-likeness (QED) is 0.712. The molecule has 1 saturated heterocycles. The fourth-order valence-corrected chi connectivity index (χ4v) is 2.39. The van der Waals surface area contributed by atoms with Gasteiger partial charge < -0.3 is 9.64 Å². The van der Waals surface area contributed by atoms with Gasteiger partial charge in [0, 0.05) is 13.7 Å². The van der Waals surface area contributed by atoms with Gasteiger partial charge in [-0.1, -0.05) is 27.2 Å². The third-order valence-electron chi connectivity index (χ3n) is 3.41. The van der Waals surface area contributed by atoms with E-state index in [1.807, 2.05) is 7.11 Å². The SMILES string of the molecule is CO[C@H](CCN1CCCCC1)C(C)(C)C. The summed E-state index contributed by atoms with van der Waals surface area (Å²) in [4.78, 5) is 2.58. The van der Waals surface area contributed by atoms with E-state index < -0.39 is 0 Å². The van der Waals surface area contributed by atoms with Gasteiger partial charge in [0.25, 0.3) is 0 Å². The highest BCUT2D eigenvalue weighted by Crippen LogP contribution is 2.24. The molecule has 15 heavy (non-hydrogen) atoms. The van der Waals surface area contributed by atoms with Gasteiger partial charge in [-0.3, -0.25) is 0 Å². The van der Waals surface area contributed by atoms with Gasteiger partial charge in [-0.15, -0.1) is 0 Å². The second-order valence-corrected chi connectivity index (χ2v) is 5.78. The van der Waals surface area contributed by atoms with Crippen molar-refractivity contribution in [2.75, 3.05) is 26.7 Å². The summed E-state index contributed by atoms with van der Waals surface area (Å²) in [5, 5.41) is 0. The first-order chi connectivity index (χ1) is 7.04. The van der Waals surface area contributed by atoms with E-state index in [1.165, 1.54) is 45.3 Å². The third kappa shape index (κ3) is 4.52. The molecule has 0 aromatic rings. The maximum atomic E-state index is 5.58. The van der Waals surface area contributed by atoms with Gasteiger partial charge in [-0.05, 0) is 37.8 Å². The summed E-state index contributed by atoms with van der Waals surface area (Å²) in [7, 11) is 1.84. The Morgan fingerprint density at radius 3 is 2.20 bits per heavy atom. The second-order valence-electron chi connectivity index (χ2n) is 5.78. The number of hydrogen-bond acceptors (Lipinski definition) is 2. The highest BCUT2D eigenvalue weighted by Gasteiger charge is 2.24. The summed E-state index contributed by atoms with van der Waals surface area (Å²) in [6, 6.07) is 0. The molecule has 1 atom stereocenters. The summed E-state index contributed by atoms with van der Waals surface area (Å²) in [5.41, 5.74) is 0.268. The van der Waals surface area contributed by atoms with Crippen LogP contribution in [-0.2, 0) is 4.74 Å². The molecule has 0 unspecified atom stereocenters. The predicted octanol–water partition coefficient (Wildman–Crippen LogP) is 2.92. The van der Waals surface area contributed by atoms with Crippen LogP contribution in [0.1, 0.15) is 46.5 Å². The molecule has 1 heterocycles. The van der Waals surface area contributed by atoms with Gasteiger partial charge in [0.15, 0.2) is 0 Å². The van der Waals surface area contributed by atoms with Gasteiger partial charge in [0.1, 0.15) is 0 Å². The lowest BCUT2D eigenvalue weighted by atomic mass is 9.87. The standard InChI is InChI=1S/C13H27NO/c1-13(2,3)12(15-4)8-11-14-9-6-5-7-10-14/h12H,5-11H2,1-4H3/t12-/m1/s1. The molecule has 90 valence electrons. The van der Waals surface area contributed by atoms with Crippen LogP contribution >= 0.6 is 0 Å². The van der Waals surface area contributed by atoms with Crippen molar-refractivity contribution in [2.24, 2.45) is 5.41 Å². The van der Waals surface area contributed by atoms with Crippen LogP contribution in [0.4, 0.5) is 0 Å². The van der Waals surface area contributed by atoms with E-state index in [9.17, 15) is 0 Å². The summed E-state index contributed by atoms with van der Waals surface area (Å²) >= 11 is 0. The number of piperidine rings is 1. The Morgan fingerprint density at radius 1 is 1.13 bits per heavy atom. The summed E-state index contributed by atoms with van der Waals surface area (Å²) in [5.74, 6) is 0. The number of nitrogens with zero attached hydrogens (tertiary/aromatic N) is 1. The van der Waals surface area contributed by atoms with Crippen molar-refractivity contribution in [3.63, 3.8) is 0 Å². The maximum Gasteiger partial charge on any atom is 0.0631 e. The fraction of sp³-hybridized carbons (Fsp3) is 1.00. The number of rotatable bonds is 4. The van der Waals surface area contributed by atoms with Crippen molar-refractivity contribution in [3.8, 4) is 0 Å². The van der Waals surface area contributed by atoms with E-state index in [0.717, 1.165) is 0 Å². The van der Waals surface area contributed by atoms with Crippen LogP contribution in [0.2, 0.25) is 0 Å². The zero-order chi connectivity index (χ0) is 11.3. The highest BCUT2D eigenvalue weighted by molar-refractivity contribution is 4.76. The smallest absolute Gasteiger partial charge is 0.0631 e. The molecular weight excluding hydrogens is 186 g/mol. The zero-order valence-corrected chi connectivity index (χ0v) is 10.9. The number of likely N-dealkylation sites (tertiary alicyclic amines) is 1. The number of hydrogen-bond donors (Lipinski definition) is 0. The van der Waals surface area contributed by atoms with E-state index in [0.29, 0.717) is 6.10 Å². The van der Waals surface area contributed by atoms with Gasteiger partial charge in [-0.25, -0.2) is 0 Å². The molecule has 0 amide bonds. The summed E-state index contributed by atoms with van der Waals surface area (Å²) in [6.45, 7) is 10.6. The predicted molar refractivity (Wildman–Crippen MR) is 65.2 cm³/mol. The molecule has 0 spiro atoms. The molecule has 0 aliphatic carbocycles. The first kappa shape index (κ1) is 13.0. The van der Waals surface area contributed by atoms with Crippen LogP contribution in [0.25, 0.3) is 0 Å². The van der Waals surface area contributed by atoms with Crippen molar-refractivity contribution in [2.45, 2.75) is 52.6 Å². The van der Waals surface area contributed by atoms with Crippen molar-refractivity contribution < 1.29 is 4.74 Å². The molecule has 1 fully saturated rings. The van der Waals surface area contributed by atoms with E-state index in [2.05, 4.69) is 25.7 Å². The minimum absolute atomic E-state index is 0.268. The van der Waals surface area contributed by atoms with Crippen LogP contribution in [-0.4, -0.2) is 37.7 Å². The van der Waals surface area contributed by atoms with E-state index >= 15 is 0 Å². The van der Waals surface area contributed by atoms with Crippen molar-refractivity contribution >= 4 is 0 Å². The molecule has 0 N–H and O–H groups in total. The molecule has 1 aliphatic rings. The molecule has 0 bridgehead atoms. The fourth-order valence-electron chi connectivity index (χ4n) is 2.39. The van der Waals surface area contributed by atoms with Crippen LogP contribution < -0.4 is 0 Å². The molecule has 0 aromatic heterocycles. The van der Waals surface area contributed by atoms with Crippen molar-refractivity contribution in [1.29, 1.82) is 0 Å².